The number of rotatable bonds is 3. The van der Waals surface area contributed by atoms with Crippen molar-refractivity contribution >= 4 is 17.2 Å². The molecule has 0 fully saturated rings. The van der Waals surface area contributed by atoms with Gasteiger partial charge in [0.05, 0.1) is 6.42 Å². The average molecular weight is 281 g/mol. The Hall–Kier alpha value is -3.21. The highest BCUT2D eigenvalue weighted by molar-refractivity contribution is 5.82. The number of nitrogens with one attached hydrogen (secondary N) is 3. The maximum Gasteiger partial charge on any atom is 0.224 e. The number of tetrazole rings is 1. The van der Waals surface area contributed by atoms with Gasteiger partial charge in [-0.15, -0.1) is 10.2 Å². The molecule has 0 radical (unpaired) electrons. The van der Waals surface area contributed by atoms with Crippen LogP contribution in [-0.4, -0.2) is 26.5 Å². The van der Waals surface area contributed by atoms with Crippen LogP contribution in [0.2, 0.25) is 0 Å². The van der Waals surface area contributed by atoms with Crippen LogP contribution < -0.4 is 10.6 Å². The van der Waals surface area contributed by atoms with Crippen molar-refractivity contribution in [3.8, 4) is 6.07 Å². The second-order valence-corrected chi connectivity index (χ2v) is 4.45. The largest absolute Gasteiger partial charge is 0.360 e. The van der Waals surface area contributed by atoms with Gasteiger partial charge in [-0.25, -0.2) is 0 Å². The number of hydrogen-bond acceptors (Lipinski definition) is 6. The van der Waals surface area contributed by atoms with Crippen LogP contribution in [0.1, 0.15) is 17.0 Å². The second-order valence-electron chi connectivity index (χ2n) is 4.45. The van der Waals surface area contributed by atoms with Crippen LogP contribution in [0.15, 0.2) is 24.4 Å². The number of hydrogen-bond donors (Lipinski definition) is 3. The Morgan fingerprint density at radius 1 is 1.48 bits per heavy atom. The number of carbonyl (C=O) groups is 1. The molecular weight excluding hydrogens is 270 g/mol. The lowest BCUT2D eigenvalue weighted by Crippen LogP contribution is -2.30. The van der Waals surface area contributed by atoms with E-state index in [0.717, 1.165) is 16.8 Å². The van der Waals surface area contributed by atoms with E-state index in [9.17, 15) is 4.79 Å². The van der Waals surface area contributed by atoms with Gasteiger partial charge in [0.1, 0.15) is 11.6 Å². The Morgan fingerprint density at radius 2 is 2.38 bits per heavy atom. The van der Waals surface area contributed by atoms with Gasteiger partial charge in [-0.2, -0.15) is 10.5 Å². The number of amides is 1. The Bertz CT molecular complexity index is 742. The van der Waals surface area contributed by atoms with Crippen molar-refractivity contribution in [3.63, 3.8) is 0 Å². The zero-order valence-corrected chi connectivity index (χ0v) is 10.9. The average Bonchev–Trinajstić information content (AvgIpc) is 3.02. The number of aromatic nitrogens is 4. The predicted octanol–water partition coefficient (Wildman–Crippen LogP) is 0.349. The van der Waals surface area contributed by atoms with Crippen LogP contribution in [0.25, 0.3) is 5.57 Å². The molecule has 1 aliphatic heterocycles. The van der Waals surface area contributed by atoms with E-state index in [4.69, 9.17) is 5.26 Å². The van der Waals surface area contributed by atoms with Gasteiger partial charge in [0.25, 0.3) is 0 Å². The van der Waals surface area contributed by atoms with Gasteiger partial charge in [-0.3, -0.25) is 4.79 Å². The summed E-state index contributed by atoms with van der Waals surface area (Å²) < 4.78 is 0. The van der Waals surface area contributed by atoms with Crippen molar-refractivity contribution in [1.82, 2.24) is 25.9 Å². The van der Waals surface area contributed by atoms with E-state index in [-0.39, 0.29) is 17.3 Å². The summed E-state index contributed by atoms with van der Waals surface area (Å²) in [5, 5.41) is 28.2. The fourth-order valence-corrected chi connectivity index (χ4v) is 2.14. The van der Waals surface area contributed by atoms with Crippen LogP contribution in [0.5, 0.6) is 0 Å². The molecule has 21 heavy (non-hydrogen) atoms. The maximum atomic E-state index is 11.4. The van der Waals surface area contributed by atoms with Gasteiger partial charge in [-0.1, -0.05) is 12.1 Å². The van der Waals surface area contributed by atoms with E-state index in [1.165, 1.54) is 6.20 Å². The third kappa shape index (κ3) is 2.57. The first kappa shape index (κ1) is 12.8. The summed E-state index contributed by atoms with van der Waals surface area (Å²) in [4.78, 5) is 11.4. The summed E-state index contributed by atoms with van der Waals surface area (Å²) in [6.45, 7) is 0.468. The molecule has 104 valence electrons. The number of nitriles is 1. The monoisotopic (exact) mass is 281 g/mol. The molecular formula is C13H11N7O. The van der Waals surface area contributed by atoms with Crippen LogP contribution in [0.4, 0.5) is 5.69 Å². The summed E-state index contributed by atoms with van der Waals surface area (Å²) in [5.41, 5.74) is 3.10. The zero-order chi connectivity index (χ0) is 14.7. The fraction of sp³-hybridized carbons (Fsp3) is 0.154. The molecule has 0 saturated heterocycles. The van der Waals surface area contributed by atoms with Crippen molar-refractivity contribution in [2.45, 2.75) is 13.0 Å². The van der Waals surface area contributed by atoms with Crippen LogP contribution in [-0.2, 0) is 17.8 Å². The molecule has 2 heterocycles. The van der Waals surface area contributed by atoms with Gasteiger partial charge in [0.2, 0.25) is 11.7 Å². The molecule has 8 heteroatoms. The highest BCUT2D eigenvalue weighted by Gasteiger charge is 2.17. The minimum absolute atomic E-state index is 0.0136. The molecule has 8 nitrogen and oxygen atoms in total. The summed E-state index contributed by atoms with van der Waals surface area (Å²) in [5.74, 6) is 0.239. The Labute approximate surface area is 119 Å². The number of carbonyl (C=O) groups excluding carboxylic acids is 1. The molecule has 0 saturated carbocycles. The molecule has 0 spiro atoms. The minimum atomic E-state index is 0.0136. The topological polar surface area (TPSA) is 119 Å². The number of anilines is 1. The first-order chi connectivity index (χ1) is 10.3. The van der Waals surface area contributed by atoms with Gasteiger partial charge in [-0.05, 0) is 22.4 Å². The first-order valence-corrected chi connectivity index (χ1v) is 6.26. The summed E-state index contributed by atoms with van der Waals surface area (Å²) in [6.07, 6.45) is 1.89. The van der Waals surface area contributed by atoms with Crippen LogP contribution in [0, 0.1) is 11.3 Å². The number of aromatic amines is 1. The SMILES string of the molecule is N#CC(=CNc1cccc2c1CNC(=O)C2)c1nn[nH]n1. The summed E-state index contributed by atoms with van der Waals surface area (Å²) in [6, 6.07) is 7.69. The number of benzene rings is 1. The summed E-state index contributed by atoms with van der Waals surface area (Å²) in [7, 11) is 0. The lowest BCUT2D eigenvalue weighted by molar-refractivity contribution is -0.121. The quantitative estimate of drug-likeness (QED) is 0.698. The highest BCUT2D eigenvalue weighted by Crippen LogP contribution is 2.23. The summed E-state index contributed by atoms with van der Waals surface area (Å²) >= 11 is 0. The third-order valence-corrected chi connectivity index (χ3v) is 3.17. The van der Waals surface area contributed by atoms with E-state index >= 15 is 0 Å². The van der Waals surface area contributed by atoms with Crippen molar-refractivity contribution < 1.29 is 4.79 Å². The molecule has 3 rings (SSSR count). The van der Waals surface area contributed by atoms with E-state index in [1.54, 1.807) is 0 Å². The van der Waals surface area contributed by atoms with Gasteiger partial charge >= 0.3 is 0 Å². The van der Waals surface area contributed by atoms with E-state index in [2.05, 4.69) is 31.3 Å². The lowest BCUT2D eigenvalue weighted by atomic mass is 9.99. The van der Waals surface area contributed by atoms with E-state index < -0.39 is 0 Å². The number of fused-ring (bicyclic) bond motifs is 1. The zero-order valence-electron chi connectivity index (χ0n) is 10.9. The van der Waals surface area contributed by atoms with Crippen LogP contribution >= 0.6 is 0 Å². The van der Waals surface area contributed by atoms with Gasteiger partial charge in [0.15, 0.2) is 0 Å². The van der Waals surface area contributed by atoms with E-state index in [1.807, 2.05) is 24.3 Å². The Morgan fingerprint density at radius 3 is 3.14 bits per heavy atom. The number of H-pyrrole nitrogens is 1. The number of allylic oxidation sites excluding steroid dienone is 1. The lowest BCUT2D eigenvalue weighted by Gasteiger charge is -2.19. The normalized spacial score (nSPS) is 14.0. The first-order valence-electron chi connectivity index (χ1n) is 6.26. The smallest absolute Gasteiger partial charge is 0.224 e. The minimum Gasteiger partial charge on any atom is -0.360 e. The van der Waals surface area contributed by atoms with Crippen LogP contribution in [0.3, 0.4) is 0 Å². The Kier molecular flexibility index (Phi) is 3.31. The Balaban J connectivity index is 1.88. The molecule has 1 aliphatic rings. The predicted molar refractivity (Wildman–Crippen MR) is 73.4 cm³/mol. The molecule has 1 aromatic carbocycles. The highest BCUT2D eigenvalue weighted by atomic mass is 16.1. The maximum absolute atomic E-state index is 11.4. The molecule has 1 amide bonds. The van der Waals surface area contributed by atoms with Gasteiger partial charge < -0.3 is 10.6 Å². The molecule has 1 aromatic heterocycles. The molecule has 0 bridgehead atoms. The van der Waals surface area contributed by atoms with Crippen molar-refractivity contribution in [2.24, 2.45) is 0 Å². The molecule has 0 aliphatic carbocycles. The van der Waals surface area contributed by atoms with Crippen molar-refractivity contribution in [1.29, 1.82) is 5.26 Å². The van der Waals surface area contributed by atoms with Crippen molar-refractivity contribution in [3.05, 3.63) is 41.4 Å². The standard InChI is InChI=1S/C13H11N7O/c14-5-9(13-17-19-20-18-13)6-15-11-3-1-2-8-4-12(21)16-7-10(8)11/h1-3,6,15H,4,7H2,(H,16,21)(H,17,18,19,20). The van der Waals surface area contributed by atoms with Gasteiger partial charge in [0, 0.05) is 18.4 Å². The number of nitrogens with zero attached hydrogens (tertiary/aromatic N) is 4. The molecule has 0 unspecified atom stereocenters. The second kappa shape index (κ2) is 5.42. The van der Waals surface area contributed by atoms with Crippen molar-refractivity contribution in [2.75, 3.05) is 5.32 Å². The fourth-order valence-electron chi connectivity index (χ4n) is 2.14. The van der Waals surface area contributed by atoms with E-state index in [0.29, 0.717) is 13.0 Å². The molecule has 3 N–H and O–H groups in total. The molecule has 2 aromatic rings. The third-order valence-electron chi connectivity index (χ3n) is 3.17. The molecule has 0 atom stereocenters.